The third-order valence-electron chi connectivity index (χ3n) is 15.8. The van der Waals surface area contributed by atoms with Crippen LogP contribution in [-0.4, -0.2) is 113 Å². The van der Waals surface area contributed by atoms with Crippen molar-refractivity contribution in [2.45, 2.75) is 168 Å². The number of carbonyl (C=O) groups excluding carboxylic acids is 6. The number of nitrogens with zero attached hydrogens (tertiary/aromatic N) is 3. The van der Waals surface area contributed by atoms with Crippen LogP contribution in [0.2, 0.25) is 0 Å². The molecule has 13 heteroatoms. The number of ketones is 1. The highest BCUT2D eigenvalue weighted by molar-refractivity contribution is 6.37. The van der Waals surface area contributed by atoms with Crippen molar-refractivity contribution in [3.63, 3.8) is 0 Å². The Morgan fingerprint density at radius 1 is 0.800 bits per heavy atom. The van der Waals surface area contributed by atoms with Crippen LogP contribution in [-0.2, 0) is 24.0 Å². The number of hydrogen-bond acceptors (Lipinski definition) is 7. The lowest BCUT2D eigenvalue weighted by molar-refractivity contribution is -0.143. The van der Waals surface area contributed by atoms with Crippen LogP contribution in [0, 0.1) is 33.5 Å². The third kappa shape index (κ3) is 7.40. The second-order valence-electron chi connectivity index (χ2n) is 20.1. The minimum atomic E-state index is -1.08. The number of likely N-dealkylation sites (N-methyl/N-ethyl adjacent to an activating group) is 1. The zero-order chi connectivity index (χ0) is 40.2. The fraction of sp³-hybridized carbons (Fsp3) is 0.857. The lowest BCUT2D eigenvalue weighted by atomic mass is 9.73. The van der Waals surface area contributed by atoms with Gasteiger partial charge in [0.25, 0.3) is 5.91 Å². The van der Waals surface area contributed by atoms with E-state index in [2.05, 4.69) is 55.6 Å². The van der Waals surface area contributed by atoms with Gasteiger partial charge in [0.05, 0.1) is 6.04 Å². The van der Waals surface area contributed by atoms with Crippen LogP contribution in [0.3, 0.4) is 0 Å². The van der Waals surface area contributed by atoms with Crippen molar-refractivity contribution in [2.75, 3.05) is 26.7 Å². The molecule has 0 aromatic carbocycles. The Morgan fingerprint density at radius 2 is 1.42 bits per heavy atom. The Balaban J connectivity index is 1.24. The maximum atomic E-state index is 15.0. The van der Waals surface area contributed by atoms with E-state index >= 15 is 4.79 Å². The summed E-state index contributed by atoms with van der Waals surface area (Å²) in [5, 5.41) is 8.97. The summed E-state index contributed by atoms with van der Waals surface area (Å²) in [6.45, 7) is 15.9. The molecule has 6 fully saturated rings. The van der Waals surface area contributed by atoms with E-state index in [-0.39, 0.29) is 52.0 Å². The van der Waals surface area contributed by atoms with Gasteiger partial charge in [-0.1, -0.05) is 79.6 Å². The van der Waals surface area contributed by atoms with Gasteiger partial charge >= 0.3 is 6.03 Å². The van der Waals surface area contributed by atoms with Gasteiger partial charge in [-0.2, -0.15) is 0 Å². The molecule has 4 aliphatic carbocycles. The Hall–Kier alpha value is -3.22. The summed E-state index contributed by atoms with van der Waals surface area (Å²) < 4.78 is 0. The number of piperazine rings is 1. The quantitative estimate of drug-likeness (QED) is 0.232. The van der Waals surface area contributed by atoms with Crippen molar-refractivity contribution in [2.24, 2.45) is 39.2 Å². The first kappa shape index (κ1) is 41.4. The van der Waals surface area contributed by atoms with Gasteiger partial charge in [-0.05, 0) is 87.5 Å². The average Bonchev–Trinajstić information content (AvgIpc) is 3.30. The van der Waals surface area contributed by atoms with Crippen molar-refractivity contribution >= 4 is 35.4 Å². The van der Waals surface area contributed by atoms with E-state index in [1.165, 1.54) is 0 Å². The molecule has 1 unspecified atom stereocenters. The summed E-state index contributed by atoms with van der Waals surface area (Å²) in [6.07, 6.45) is 11.7. The molecule has 0 radical (unpaired) electrons. The van der Waals surface area contributed by atoms with Gasteiger partial charge in [-0.25, -0.2) is 4.79 Å². The molecule has 2 aliphatic heterocycles. The Bertz CT molecular complexity index is 1520. The topological polar surface area (TPSA) is 174 Å². The molecule has 6 rings (SSSR count). The number of rotatable bonds is 11. The molecule has 5 N–H and O–H groups in total. The van der Waals surface area contributed by atoms with Crippen molar-refractivity contribution < 1.29 is 28.8 Å². The summed E-state index contributed by atoms with van der Waals surface area (Å²) >= 11 is 0. The number of nitrogens with two attached hydrogens (primary N) is 1. The number of fused-ring (bicyclic) bond motifs is 1. The number of hydrogen-bond donors (Lipinski definition) is 4. The third-order valence-corrected chi connectivity index (χ3v) is 15.8. The zero-order valence-electron chi connectivity index (χ0n) is 34.8. The smallest absolute Gasteiger partial charge is 0.316 e. The molecular weight excluding hydrogens is 699 g/mol. The first-order valence-electron chi connectivity index (χ1n) is 21.3. The maximum absolute atomic E-state index is 15.0. The number of likely N-dealkylation sites (tertiary alicyclic amines) is 1. The van der Waals surface area contributed by atoms with E-state index in [1.54, 1.807) is 4.90 Å². The normalized spacial score (nSPS) is 30.8. The molecule has 4 saturated carbocycles. The minimum absolute atomic E-state index is 0.000618. The number of primary amides is 1. The largest absolute Gasteiger partial charge is 0.363 e. The highest BCUT2D eigenvalue weighted by atomic mass is 16.2. The number of nitrogens with one attached hydrogen (secondary N) is 3. The van der Waals surface area contributed by atoms with Crippen LogP contribution in [0.5, 0.6) is 0 Å². The molecule has 0 aromatic heterocycles. The highest BCUT2D eigenvalue weighted by Gasteiger charge is 2.85. The zero-order valence-corrected chi connectivity index (χ0v) is 34.8. The summed E-state index contributed by atoms with van der Waals surface area (Å²) in [6, 6.07) is -3.86. The standard InChI is InChI=1S/C42H69N7O6/c1-25-22-48(23-26(2)47(25)8)36(53)31(28-16-10-9-11-17-28)45-38(55)46-33(39(3,4)5)37(54)49-24-42(40(6,7)41(42)18-13-19-41)21-30(49)35(52)44-29(32(50)34(43)51)20-27-14-12-15-27/h25-31,33H,9-24H2,1-8H3,(H2,43,51)(H,44,52)(H2,45,46,55)/t25-,26+,29?,30-,31-,33-,42+/m0/s1. The maximum Gasteiger partial charge on any atom is 0.316 e. The lowest BCUT2D eigenvalue weighted by Gasteiger charge is -2.44. The Kier molecular flexibility index (Phi) is 11.5. The summed E-state index contributed by atoms with van der Waals surface area (Å²) in [7, 11) is 2.08. The number of Topliss-reactive ketones (excluding diaryl/α,β-unsaturated/α-hetero) is 1. The molecule has 55 heavy (non-hydrogen) atoms. The van der Waals surface area contributed by atoms with Crippen LogP contribution in [0.25, 0.3) is 0 Å². The number of carbonyl (C=O) groups is 6. The van der Waals surface area contributed by atoms with Crippen molar-refractivity contribution in [1.29, 1.82) is 0 Å². The molecule has 2 saturated heterocycles. The lowest BCUT2D eigenvalue weighted by Crippen LogP contribution is -2.64. The van der Waals surface area contributed by atoms with Crippen molar-refractivity contribution in [3.8, 4) is 0 Å². The number of amides is 6. The summed E-state index contributed by atoms with van der Waals surface area (Å²) in [5.41, 5.74) is 4.33. The molecule has 308 valence electrons. The number of urea groups is 1. The van der Waals surface area contributed by atoms with Crippen LogP contribution in [0.1, 0.15) is 132 Å². The second-order valence-corrected chi connectivity index (χ2v) is 20.1. The molecular formula is C42H69N7O6. The summed E-state index contributed by atoms with van der Waals surface area (Å²) in [5.74, 6) is -2.58. The second kappa shape index (κ2) is 15.3. The van der Waals surface area contributed by atoms with Gasteiger partial charge in [-0.3, -0.25) is 28.9 Å². The Labute approximate surface area is 328 Å². The monoisotopic (exact) mass is 768 g/mol. The van der Waals surface area contributed by atoms with Crippen LogP contribution in [0.4, 0.5) is 4.79 Å². The minimum Gasteiger partial charge on any atom is -0.363 e. The highest BCUT2D eigenvalue weighted by Crippen LogP contribution is 2.88. The average molecular weight is 768 g/mol. The van der Waals surface area contributed by atoms with E-state index in [1.807, 2.05) is 25.7 Å². The fourth-order valence-electron chi connectivity index (χ4n) is 11.6. The van der Waals surface area contributed by atoms with E-state index in [0.29, 0.717) is 32.5 Å². The predicted octanol–water partition coefficient (Wildman–Crippen LogP) is 3.73. The molecule has 6 amide bonds. The van der Waals surface area contributed by atoms with Gasteiger partial charge in [-0.15, -0.1) is 0 Å². The Morgan fingerprint density at radius 3 is 1.91 bits per heavy atom. The first-order chi connectivity index (χ1) is 25.7. The van der Waals surface area contributed by atoms with Gasteiger partial charge < -0.3 is 31.5 Å². The molecule has 6 aliphatic rings. The van der Waals surface area contributed by atoms with Gasteiger partial charge in [0.2, 0.25) is 23.5 Å². The molecule has 0 bridgehead atoms. The van der Waals surface area contributed by atoms with Crippen LogP contribution < -0.4 is 21.7 Å². The van der Waals surface area contributed by atoms with Crippen LogP contribution >= 0.6 is 0 Å². The molecule has 2 spiro atoms. The van der Waals surface area contributed by atoms with E-state index in [0.717, 1.165) is 70.6 Å². The van der Waals surface area contributed by atoms with Gasteiger partial charge in [0.15, 0.2) is 0 Å². The van der Waals surface area contributed by atoms with Crippen molar-refractivity contribution in [1.82, 2.24) is 30.7 Å². The molecule has 2 heterocycles. The fourth-order valence-corrected chi connectivity index (χ4v) is 11.6. The SMILES string of the molecule is C[C@@H]1CN(C(=O)[C@@H](NC(=O)N[C@@H](C(=O)N2C[C@]3(C[C@H]2C(=O)NC(CC2CCC2)C(=O)C(N)=O)C(C)(C)C32CCC2)C(C)(C)C)C2CCCCC2)C[C@H](C)N1C. The summed E-state index contributed by atoms with van der Waals surface area (Å²) in [4.78, 5) is 88.7. The molecule has 7 atom stereocenters. The van der Waals surface area contributed by atoms with Gasteiger partial charge in [0.1, 0.15) is 18.1 Å². The van der Waals surface area contributed by atoms with E-state index < -0.39 is 53.2 Å². The molecule has 0 aromatic rings. The molecule has 13 nitrogen and oxygen atoms in total. The van der Waals surface area contributed by atoms with Gasteiger partial charge in [0, 0.05) is 37.1 Å². The first-order valence-corrected chi connectivity index (χ1v) is 21.3. The van der Waals surface area contributed by atoms with Crippen LogP contribution in [0.15, 0.2) is 0 Å². The van der Waals surface area contributed by atoms with E-state index in [4.69, 9.17) is 5.73 Å². The van der Waals surface area contributed by atoms with E-state index in [9.17, 15) is 24.0 Å². The predicted molar refractivity (Wildman–Crippen MR) is 209 cm³/mol. The van der Waals surface area contributed by atoms with Crippen molar-refractivity contribution in [3.05, 3.63) is 0 Å².